The van der Waals surface area contributed by atoms with Gasteiger partial charge in [0.25, 0.3) is 0 Å². The van der Waals surface area contributed by atoms with Gasteiger partial charge in [0, 0.05) is 11.8 Å². The van der Waals surface area contributed by atoms with Crippen molar-refractivity contribution in [3.05, 3.63) is 22.2 Å². The SMILES string of the molecule is CC(C)Oc1cc(C(C)C)[nH]c(=O)n1. The van der Waals surface area contributed by atoms with Gasteiger partial charge in [0.2, 0.25) is 5.88 Å². The molecular formula is C10H16N2O2. The van der Waals surface area contributed by atoms with Gasteiger partial charge in [-0.15, -0.1) is 0 Å². The van der Waals surface area contributed by atoms with E-state index in [9.17, 15) is 4.79 Å². The standard InChI is InChI=1S/C10H16N2O2/c1-6(2)8-5-9(14-7(3)4)12-10(13)11-8/h5-7H,1-4H3,(H,11,12,13). The lowest BCUT2D eigenvalue weighted by atomic mass is 10.1. The second kappa shape index (κ2) is 4.26. The van der Waals surface area contributed by atoms with E-state index in [0.717, 1.165) is 5.69 Å². The van der Waals surface area contributed by atoms with E-state index in [4.69, 9.17) is 4.74 Å². The maximum absolute atomic E-state index is 11.2. The van der Waals surface area contributed by atoms with Crippen LogP contribution in [0.3, 0.4) is 0 Å². The minimum atomic E-state index is -0.355. The Morgan fingerprint density at radius 1 is 1.36 bits per heavy atom. The van der Waals surface area contributed by atoms with E-state index in [-0.39, 0.29) is 17.7 Å². The molecule has 0 bridgehead atoms. The zero-order valence-electron chi connectivity index (χ0n) is 9.00. The van der Waals surface area contributed by atoms with Crippen LogP contribution in [-0.2, 0) is 0 Å². The fourth-order valence-corrected chi connectivity index (χ4v) is 1.07. The third-order valence-electron chi connectivity index (χ3n) is 1.72. The van der Waals surface area contributed by atoms with Crippen LogP contribution in [0.2, 0.25) is 0 Å². The molecule has 0 aliphatic heterocycles. The van der Waals surface area contributed by atoms with Crippen LogP contribution in [0.25, 0.3) is 0 Å². The van der Waals surface area contributed by atoms with Gasteiger partial charge in [0.15, 0.2) is 0 Å². The Morgan fingerprint density at radius 2 is 2.00 bits per heavy atom. The highest BCUT2D eigenvalue weighted by Crippen LogP contribution is 2.14. The highest BCUT2D eigenvalue weighted by atomic mass is 16.5. The number of hydrogen-bond acceptors (Lipinski definition) is 3. The van der Waals surface area contributed by atoms with Crippen LogP contribution in [0, 0.1) is 0 Å². The summed E-state index contributed by atoms with van der Waals surface area (Å²) < 4.78 is 5.35. The number of nitrogens with one attached hydrogen (secondary N) is 1. The molecule has 14 heavy (non-hydrogen) atoms. The third-order valence-corrected chi connectivity index (χ3v) is 1.72. The number of aromatic nitrogens is 2. The molecule has 1 rings (SSSR count). The lowest BCUT2D eigenvalue weighted by molar-refractivity contribution is 0.231. The van der Waals surface area contributed by atoms with Crippen molar-refractivity contribution < 1.29 is 4.74 Å². The highest BCUT2D eigenvalue weighted by molar-refractivity contribution is 5.16. The van der Waals surface area contributed by atoms with Crippen molar-refractivity contribution in [2.75, 3.05) is 0 Å². The molecule has 0 fully saturated rings. The van der Waals surface area contributed by atoms with Crippen molar-refractivity contribution in [1.82, 2.24) is 9.97 Å². The van der Waals surface area contributed by atoms with Gasteiger partial charge < -0.3 is 9.72 Å². The second-order valence-corrected chi connectivity index (χ2v) is 3.80. The Bertz CT molecular complexity index is 355. The summed E-state index contributed by atoms with van der Waals surface area (Å²) in [5, 5.41) is 0. The summed E-state index contributed by atoms with van der Waals surface area (Å²) in [4.78, 5) is 17.5. The average Bonchev–Trinajstić information content (AvgIpc) is 2.01. The van der Waals surface area contributed by atoms with Gasteiger partial charge in [-0.1, -0.05) is 13.8 Å². The first-order valence-corrected chi connectivity index (χ1v) is 4.77. The quantitative estimate of drug-likeness (QED) is 0.800. The predicted octanol–water partition coefficient (Wildman–Crippen LogP) is 1.68. The minimum absolute atomic E-state index is 0.0318. The van der Waals surface area contributed by atoms with Crippen molar-refractivity contribution in [2.24, 2.45) is 0 Å². The molecule has 1 aromatic heterocycles. The monoisotopic (exact) mass is 196 g/mol. The van der Waals surface area contributed by atoms with Gasteiger partial charge in [0.05, 0.1) is 6.10 Å². The molecule has 0 aliphatic rings. The normalized spacial score (nSPS) is 11.0. The summed E-state index contributed by atoms with van der Waals surface area (Å²) in [6.07, 6.45) is 0.0318. The topological polar surface area (TPSA) is 55.0 Å². The van der Waals surface area contributed by atoms with E-state index in [2.05, 4.69) is 9.97 Å². The van der Waals surface area contributed by atoms with Crippen LogP contribution in [0.5, 0.6) is 5.88 Å². The largest absolute Gasteiger partial charge is 0.475 e. The maximum atomic E-state index is 11.2. The van der Waals surface area contributed by atoms with E-state index in [1.807, 2.05) is 27.7 Å². The molecule has 1 N–H and O–H groups in total. The zero-order valence-corrected chi connectivity index (χ0v) is 9.00. The highest BCUT2D eigenvalue weighted by Gasteiger charge is 2.06. The molecule has 1 aromatic rings. The molecule has 78 valence electrons. The number of nitrogens with zero attached hydrogens (tertiary/aromatic N) is 1. The maximum Gasteiger partial charge on any atom is 0.348 e. The number of H-pyrrole nitrogens is 1. The molecular weight excluding hydrogens is 180 g/mol. The molecule has 0 aliphatic carbocycles. The van der Waals surface area contributed by atoms with Crippen molar-refractivity contribution in [3.8, 4) is 5.88 Å². The van der Waals surface area contributed by atoms with Gasteiger partial charge in [-0.2, -0.15) is 4.98 Å². The summed E-state index contributed by atoms with van der Waals surface area (Å²) >= 11 is 0. The van der Waals surface area contributed by atoms with Gasteiger partial charge >= 0.3 is 5.69 Å². The third kappa shape index (κ3) is 2.87. The molecule has 0 spiro atoms. The number of aromatic amines is 1. The Morgan fingerprint density at radius 3 is 2.50 bits per heavy atom. The molecule has 4 heteroatoms. The first-order valence-electron chi connectivity index (χ1n) is 4.77. The smallest absolute Gasteiger partial charge is 0.348 e. The van der Waals surface area contributed by atoms with E-state index < -0.39 is 0 Å². The van der Waals surface area contributed by atoms with Crippen molar-refractivity contribution in [3.63, 3.8) is 0 Å². The van der Waals surface area contributed by atoms with Crippen LogP contribution in [0.4, 0.5) is 0 Å². The molecule has 4 nitrogen and oxygen atoms in total. The van der Waals surface area contributed by atoms with Gasteiger partial charge in [-0.25, -0.2) is 4.79 Å². The summed E-state index contributed by atoms with van der Waals surface area (Å²) in [5.41, 5.74) is 0.493. The predicted molar refractivity (Wildman–Crippen MR) is 54.7 cm³/mol. The van der Waals surface area contributed by atoms with E-state index in [0.29, 0.717) is 5.88 Å². The van der Waals surface area contributed by atoms with Crippen molar-refractivity contribution >= 4 is 0 Å². The van der Waals surface area contributed by atoms with Gasteiger partial charge in [-0.3, -0.25) is 0 Å². The summed E-state index contributed by atoms with van der Waals surface area (Å²) in [5.74, 6) is 0.660. The summed E-state index contributed by atoms with van der Waals surface area (Å²) in [6.45, 7) is 7.81. The fourth-order valence-electron chi connectivity index (χ4n) is 1.07. The molecule has 0 amide bonds. The van der Waals surface area contributed by atoms with Crippen LogP contribution in [0.15, 0.2) is 10.9 Å². The van der Waals surface area contributed by atoms with Gasteiger partial charge in [-0.05, 0) is 19.8 Å². The van der Waals surface area contributed by atoms with Crippen LogP contribution in [-0.4, -0.2) is 16.1 Å². The van der Waals surface area contributed by atoms with Crippen molar-refractivity contribution in [2.45, 2.75) is 39.7 Å². The van der Waals surface area contributed by atoms with Crippen LogP contribution < -0.4 is 10.4 Å². The molecule has 0 radical (unpaired) electrons. The van der Waals surface area contributed by atoms with Crippen LogP contribution >= 0.6 is 0 Å². The van der Waals surface area contributed by atoms with Crippen LogP contribution in [0.1, 0.15) is 39.3 Å². The fraction of sp³-hybridized carbons (Fsp3) is 0.600. The lowest BCUT2D eigenvalue weighted by Gasteiger charge is -2.10. The summed E-state index contributed by atoms with van der Waals surface area (Å²) in [6, 6.07) is 1.77. The van der Waals surface area contributed by atoms with E-state index in [1.54, 1.807) is 6.07 Å². The first-order chi connectivity index (χ1) is 6.49. The number of hydrogen-bond donors (Lipinski definition) is 1. The Balaban J connectivity index is 3.01. The van der Waals surface area contributed by atoms with Crippen molar-refractivity contribution in [1.29, 1.82) is 0 Å². The molecule has 0 saturated carbocycles. The first kappa shape index (κ1) is 10.8. The molecule has 0 saturated heterocycles. The van der Waals surface area contributed by atoms with E-state index >= 15 is 0 Å². The average molecular weight is 196 g/mol. The zero-order chi connectivity index (χ0) is 10.7. The van der Waals surface area contributed by atoms with E-state index in [1.165, 1.54) is 0 Å². The Hall–Kier alpha value is -1.32. The summed E-state index contributed by atoms with van der Waals surface area (Å²) in [7, 11) is 0. The second-order valence-electron chi connectivity index (χ2n) is 3.80. The molecule has 0 atom stereocenters. The molecule has 0 unspecified atom stereocenters. The number of rotatable bonds is 3. The van der Waals surface area contributed by atoms with Gasteiger partial charge in [0.1, 0.15) is 0 Å². The molecule has 1 heterocycles. The minimum Gasteiger partial charge on any atom is -0.475 e. The number of ether oxygens (including phenoxy) is 1. The Kier molecular flexibility index (Phi) is 3.28. The lowest BCUT2D eigenvalue weighted by Crippen LogP contribution is -2.17. The molecule has 0 aromatic carbocycles. The Labute approximate surface area is 83.3 Å².